The second-order valence-corrected chi connectivity index (χ2v) is 5.21. The molecule has 0 aliphatic carbocycles. The van der Waals surface area contributed by atoms with Crippen LogP contribution in [0.25, 0.3) is 0 Å². The van der Waals surface area contributed by atoms with Crippen LogP contribution in [0.4, 0.5) is 0 Å². The van der Waals surface area contributed by atoms with Gasteiger partial charge in [-0.1, -0.05) is 46.9 Å². The molecule has 0 saturated carbocycles. The van der Waals surface area contributed by atoms with E-state index in [0.29, 0.717) is 27.2 Å². The van der Waals surface area contributed by atoms with E-state index in [0.717, 1.165) is 5.56 Å². The van der Waals surface area contributed by atoms with Crippen LogP contribution in [-0.4, -0.2) is 5.91 Å². The molecule has 0 aromatic heterocycles. The van der Waals surface area contributed by atoms with E-state index in [9.17, 15) is 4.79 Å². The number of carbonyl (C=O) groups excluding carboxylic acids is 1. The van der Waals surface area contributed by atoms with Gasteiger partial charge in [0.25, 0.3) is 5.91 Å². The molecule has 2 aromatic carbocycles. The molecule has 0 aliphatic rings. The molecule has 1 N–H and O–H groups in total. The van der Waals surface area contributed by atoms with Crippen molar-refractivity contribution in [3.63, 3.8) is 0 Å². The molecule has 0 spiro atoms. The molecule has 0 bridgehead atoms. The summed E-state index contributed by atoms with van der Waals surface area (Å²) in [5.41, 5.74) is 1.32. The zero-order valence-electron chi connectivity index (χ0n) is 9.79. The standard InChI is InChI=1S/C14H10Cl3NO/c15-10-3-1-9(2-4-10)8-18-14(19)12-7-11(16)5-6-13(12)17/h1-7H,8H2,(H,18,19). The van der Waals surface area contributed by atoms with E-state index in [2.05, 4.69) is 5.32 Å². The van der Waals surface area contributed by atoms with Crippen molar-refractivity contribution in [2.45, 2.75) is 6.54 Å². The fraction of sp³-hybridized carbons (Fsp3) is 0.0714. The molecule has 0 unspecified atom stereocenters. The number of nitrogens with one attached hydrogen (secondary N) is 1. The lowest BCUT2D eigenvalue weighted by Crippen LogP contribution is -2.23. The Bertz CT molecular complexity index is 596. The number of amides is 1. The van der Waals surface area contributed by atoms with E-state index in [1.165, 1.54) is 0 Å². The summed E-state index contributed by atoms with van der Waals surface area (Å²) in [5.74, 6) is -0.262. The molecule has 0 aliphatic heterocycles. The van der Waals surface area contributed by atoms with E-state index in [1.54, 1.807) is 30.3 Å². The highest BCUT2D eigenvalue weighted by atomic mass is 35.5. The van der Waals surface area contributed by atoms with Crippen molar-refractivity contribution in [2.24, 2.45) is 0 Å². The lowest BCUT2D eigenvalue weighted by Gasteiger charge is -2.07. The van der Waals surface area contributed by atoms with E-state index < -0.39 is 0 Å². The second kappa shape index (κ2) is 6.29. The van der Waals surface area contributed by atoms with Crippen LogP contribution in [0, 0.1) is 0 Å². The quantitative estimate of drug-likeness (QED) is 0.883. The van der Waals surface area contributed by atoms with Crippen molar-refractivity contribution >= 4 is 40.7 Å². The molecule has 2 nitrogen and oxygen atoms in total. The predicted octanol–water partition coefficient (Wildman–Crippen LogP) is 4.58. The molecule has 0 atom stereocenters. The molecule has 2 aromatic rings. The van der Waals surface area contributed by atoms with Gasteiger partial charge in [-0.25, -0.2) is 0 Å². The van der Waals surface area contributed by atoms with Crippen molar-refractivity contribution in [3.05, 3.63) is 68.7 Å². The van der Waals surface area contributed by atoms with Crippen LogP contribution < -0.4 is 5.32 Å². The van der Waals surface area contributed by atoms with Gasteiger partial charge in [-0.2, -0.15) is 0 Å². The van der Waals surface area contributed by atoms with Crippen molar-refractivity contribution in [1.29, 1.82) is 0 Å². The van der Waals surface area contributed by atoms with Crippen LogP contribution in [-0.2, 0) is 6.54 Å². The summed E-state index contributed by atoms with van der Waals surface area (Å²) in [6.07, 6.45) is 0. The summed E-state index contributed by atoms with van der Waals surface area (Å²) in [4.78, 5) is 12.0. The Kier molecular flexibility index (Phi) is 4.70. The normalized spacial score (nSPS) is 10.3. The van der Waals surface area contributed by atoms with Gasteiger partial charge in [-0.15, -0.1) is 0 Å². The average molecular weight is 315 g/mol. The number of halogens is 3. The second-order valence-electron chi connectivity index (χ2n) is 3.93. The molecule has 5 heteroatoms. The molecular weight excluding hydrogens is 305 g/mol. The maximum atomic E-state index is 12.0. The first-order valence-electron chi connectivity index (χ1n) is 5.54. The first-order valence-corrected chi connectivity index (χ1v) is 6.67. The molecule has 0 radical (unpaired) electrons. The Morgan fingerprint density at radius 1 is 0.947 bits per heavy atom. The highest BCUT2D eigenvalue weighted by molar-refractivity contribution is 6.35. The van der Waals surface area contributed by atoms with Gasteiger partial charge in [0, 0.05) is 16.6 Å². The molecule has 19 heavy (non-hydrogen) atoms. The molecule has 2 rings (SSSR count). The zero-order valence-corrected chi connectivity index (χ0v) is 12.1. The number of hydrogen-bond acceptors (Lipinski definition) is 1. The Morgan fingerprint density at radius 3 is 2.26 bits per heavy atom. The molecule has 0 saturated heterocycles. The third kappa shape index (κ3) is 3.87. The maximum absolute atomic E-state index is 12.0. The molecule has 0 heterocycles. The van der Waals surface area contributed by atoms with Crippen LogP contribution in [0.3, 0.4) is 0 Å². The highest BCUT2D eigenvalue weighted by Gasteiger charge is 2.10. The third-order valence-electron chi connectivity index (χ3n) is 2.54. The van der Waals surface area contributed by atoms with E-state index in [1.807, 2.05) is 12.1 Å². The Morgan fingerprint density at radius 2 is 1.58 bits per heavy atom. The highest BCUT2D eigenvalue weighted by Crippen LogP contribution is 2.20. The van der Waals surface area contributed by atoms with Crippen molar-refractivity contribution in [3.8, 4) is 0 Å². The summed E-state index contributed by atoms with van der Waals surface area (Å²) in [6, 6.07) is 12.0. The summed E-state index contributed by atoms with van der Waals surface area (Å²) < 4.78 is 0. The van der Waals surface area contributed by atoms with Crippen molar-refractivity contribution < 1.29 is 4.79 Å². The van der Waals surface area contributed by atoms with Crippen LogP contribution in [0.1, 0.15) is 15.9 Å². The smallest absolute Gasteiger partial charge is 0.253 e. The van der Waals surface area contributed by atoms with Crippen molar-refractivity contribution in [2.75, 3.05) is 0 Å². The fourth-order valence-corrected chi connectivity index (χ4v) is 2.05. The molecule has 98 valence electrons. The number of rotatable bonds is 3. The minimum absolute atomic E-state index is 0.262. The summed E-state index contributed by atoms with van der Waals surface area (Å²) in [6.45, 7) is 0.402. The monoisotopic (exact) mass is 313 g/mol. The molecule has 0 fully saturated rings. The van der Waals surface area contributed by atoms with Crippen LogP contribution in [0.15, 0.2) is 42.5 Å². The third-order valence-corrected chi connectivity index (χ3v) is 3.36. The maximum Gasteiger partial charge on any atom is 0.253 e. The average Bonchev–Trinajstić information content (AvgIpc) is 2.40. The minimum Gasteiger partial charge on any atom is -0.348 e. The van der Waals surface area contributed by atoms with Crippen LogP contribution in [0.2, 0.25) is 15.1 Å². The van der Waals surface area contributed by atoms with Gasteiger partial charge in [0.1, 0.15) is 0 Å². The molecule has 1 amide bonds. The van der Waals surface area contributed by atoms with Gasteiger partial charge in [0.15, 0.2) is 0 Å². The zero-order chi connectivity index (χ0) is 13.8. The first kappa shape index (κ1) is 14.2. The minimum atomic E-state index is -0.262. The van der Waals surface area contributed by atoms with Gasteiger partial charge in [0.2, 0.25) is 0 Å². The Hall–Kier alpha value is -1.22. The fourth-order valence-electron chi connectivity index (χ4n) is 1.55. The van der Waals surface area contributed by atoms with Gasteiger partial charge >= 0.3 is 0 Å². The lowest BCUT2D eigenvalue weighted by molar-refractivity contribution is 0.0951. The summed E-state index contributed by atoms with van der Waals surface area (Å²) >= 11 is 17.6. The van der Waals surface area contributed by atoms with Gasteiger partial charge in [0.05, 0.1) is 10.6 Å². The van der Waals surface area contributed by atoms with E-state index in [4.69, 9.17) is 34.8 Å². The largest absolute Gasteiger partial charge is 0.348 e. The number of hydrogen-bond donors (Lipinski definition) is 1. The molecular formula is C14H10Cl3NO. The predicted molar refractivity (Wildman–Crippen MR) is 79.1 cm³/mol. The van der Waals surface area contributed by atoms with Crippen LogP contribution >= 0.6 is 34.8 Å². The summed E-state index contributed by atoms with van der Waals surface area (Å²) in [5, 5.41) is 4.28. The van der Waals surface area contributed by atoms with Crippen molar-refractivity contribution in [1.82, 2.24) is 5.32 Å². The summed E-state index contributed by atoms with van der Waals surface area (Å²) in [7, 11) is 0. The van der Waals surface area contributed by atoms with E-state index in [-0.39, 0.29) is 5.91 Å². The van der Waals surface area contributed by atoms with Crippen LogP contribution in [0.5, 0.6) is 0 Å². The SMILES string of the molecule is O=C(NCc1ccc(Cl)cc1)c1cc(Cl)ccc1Cl. The van der Waals surface area contributed by atoms with Gasteiger partial charge in [-0.05, 0) is 35.9 Å². The lowest BCUT2D eigenvalue weighted by atomic mass is 10.2. The number of carbonyl (C=O) groups is 1. The Labute approximate surface area is 126 Å². The topological polar surface area (TPSA) is 29.1 Å². The van der Waals surface area contributed by atoms with Gasteiger partial charge in [-0.3, -0.25) is 4.79 Å². The van der Waals surface area contributed by atoms with Gasteiger partial charge < -0.3 is 5.32 Å². The van der Waals surface area contributed by atoms with E-state index >= 15 is 0 Å². The Balaban J connectivity index is 2.05. The number of benzene rings is 2. The first-order chi connectivity index (χ1) is 9.06.